The van der Waals surface area contributed by atoms with E-state index >= 15 is 0 Å². The second kappa shape index (κ2) is 8.06. The van der Waals surface area contributed by atoms with Crippen LogP contribution in [0.25, 0.3) is 0 Å². The smallest absolute Gasteiger partial charge is 0.459 e. The maximum atomic E-state index is 12.8. The molecule has 4 nitrogen and oxygen atoms in total. The molecule has 0 bridgehead atoms. The van der Waals surface area contributed by atoms with Gasteiger partial charge in [0.15, 0.2) is 0 Å². The summed E-state index contributed by atoms with van der Waals surface area (Å²) in [5.41, 5.74) is -0.131. The molecule has 2 rings (SSSR count). The number of hydrogen-bond acceptors (Lipinski definition) is 4. The summed E-state index contributed by atoms with van der Waals surface area (Å²) in [5.74, 6) is 1.37. The number of ether oxygens (including phenoxy) is 1. The highest BCUT2D eigenvalue weighted by Crippen LogP contribution is 2.39. The lowest BCUT2D eigenvalue weighted by Gasteiger charge is -2.36. The number of rotatable bonds is 5. The molecular weight excluding hydrogens is 327 g/mol. The first-order chi connectivity index (χ1) is 12.0. The van der Waals surface area contributed by atoms with Crippen molar-refractivity contribution in [3.05, 3.63) is 11.6 Å². The van der Waals surface area contributed by atoms with Crippen LogP contribution in [-0.4, -0.2) is 30.4 Å². The van der Waals surface area contributed by atoms with E-state index in [9.17, 15) is 4.79 Å². The van der Waals surface area contributed by atoms with Crippen LogP contribution in [0.5, 0.6) is 0 Å². The van der Waals surface area contributed by atoms with Gasteiger partial charge in [0.2, 0.25) is 0 Å². The minimum Gasteiger partial charge on any atom is -0.459 e. The van der Waals surface area contributed by atoms with Gasteiger partial charge in [-0.1, -0.05) is 33.3 Å². The van der Waals surface area contributed by atoms with E-state index in [-0.39, 0.29) is 23.3 Å². The van der Waals surface area contributed by atoms with Crippen LogP contribution in [-0.2, 0) is 18.8 Å². The molecule has 5 heteroatoms. The summed E-state index contributed by atoms with van der Waals surface area (Å²) in [7, 11) is -0.412. The third kappa shape index (κ3) is 4.72. The molecule has 148 valence electrons. The molecule has 0 radical (unpaired) electrons. The Hall–Kier alpha value is -0.805. The lowest BCUT2D eigenvalue weighted by molar-refractivity contribution is -0.151. The van der Waals surface area contributed by atoms with Gasteiger partial charge in [0.1, 0.15) is 6.10 Å². The van der Waals surface area contributed by atoms with Crippen molar-refractivity contribution in [1.29, 1.82) is 0 Å². The highest BCUT2D eigenvalue weighted by atomic mass is 16.7. The quantitative estimate of drug-likeness (QED) is 0.390. The minimum absolute atomic E-state index is 0.0134. The number of carbonyl (C=O) groups is 1. The van der Waals surface area contributed by atoms with Gasteiger partial charge in [-0.25, -0.2) is 4.79 Å². The molecule has 3 atom stereocenters. The first-order valence-corrected chi connectivity index (χ1v) is 10.2. The van der Waals surface area contributed by atoms with Crippen molar-refractivity contribution in [2.24, 2.45) is 17.8 Å². The molecule has 0 N–H and O–H groups in total. The first-order valence-electron chi connectivity index (χ1n) is 10.2. The Bertz CT molecular complexity index is 522. The Balaban J connectivity index is 2.01. The lowest BCUT2D eigenvalue weighted by Crippen LogP contribution is -2.41. The maximum Gasteiger partial charge on any atom is 0.462 e. The average molecular weight is 364 g/mol. The SMILES string of the molecule is C/C=C(\CB1OC(C)(C)C(C)(C)O1)C(=O)OC1CC(C)CCC1C(C)C. The van der Waals surface area contributed by atoms with Gasteiger partial charge in [-0.05, 0) is 65.2 Å². The molecule has 1 aliphatic carbocycles. The van der Waals surface area contributed by atoms with E-state index in [1.54, 1.807) is 0 Å². The number of carbonyl (C=O) groups excluding carboxylic acids is 1. The second-order valence-electron chi connectivity index (χ2n) is 9.47. The predicted molar refractivity (Wildman–Crippen MR) is 106 cm³/mol. The maximum absolute atomic E-state index is 12.8. The molecule has 1 aliphatic heterocycles. The van der Waals surface area contributed by atoms with Crippen molar-refractivity contribution in [2.45, 2.75) is 98.3 Å². The Labute approximate surface area is 160 Å². The van der Waals surface area contributed by atoms with Gasteiger partial charge < -0.3 is 14.0 Å². The van der Waals surface area contributed by atoms with Crippen LogP contribution < -0.4 is 0 Å². The lowest BCUT2D eigenvalue weighted by atomic mass is 9.75. The van der Waals surface area contributed by atoms with Crippen molar-refractivity contribution in [2.75, 3.05) is 0 Å². The minimum atomic E-state index is -0.412. The van der Waals surface area contributed by atoms with E-state index < -0.39 is 7.12 Å². The normalized spacial score (nSPS) is 31.3. The fraction of sp³-hybridized carbons (Fsp3) is 0.857. The zero-order valence-electron chi connectivity index (χ0n) is 17.9. The van der Waals surface area contributed by atoms with Crippen LogP contribution in [0.4, 0.5) is 0 Å². The molecule has 1 saturated carbocycles. The van der Waals surface area contributed by atoms with Crippen LogP contribution in [0.15, 0.2) is 11.6 Å². The van der Waals surface area contributed by atoms with Gasteiger partial charge in [-0.3, -0.25) is 0 Å². The van der Waals surface area contributed by atoms with E-state index in [4.69, 9.17) is 14.0 Å². The summed E-state index contributed by atoms with van der Waals surface area (Å²) in [6.45, 7) is 16.7. The van der Waals surface area contributed by atoms with E-state index in [1.165, 1.54) is 6.42 Å². The predicted octanol–water partition coefficient (Wildman–Crippen LogP) is 5.03. The zero-order chi connectivity index (χ0) is 19.7. The van der Waals surface area contributed by atoms with E-state index in [0.717, 1.165) is 12.8 Å². The molecule has 0 aromatic carbocycles. The Morgan fingerprint density at radius 1 is 1.19 bits per heavy atom. The van der Waals surface area contributed by atoms with E-state index in [1.807, 2.05) is 40.7 Å². The highest BCUT2D eigenvalue weighted by Gasteiger charge is 2.51. The second-order valence-corrected chi connectivity index (χ2v) is 9.47. The molecule has 0 aromatic heterocycles. The largest absolute Gasteiger partial charge is 0.462 e. The van der Waals surface area contributed by atoms with Crippen LogP contribution in [0.1, 0.15) is 74.7 Å². The van der Waals surface area contributed by atoms with Crippen LogP contribution >= 0.6 is 0 Å². The summed E-state index contributed by atoms with van der Waals surface area (Å²) in [5, 5.41) is 0. The molecule has 2 fully saturated rings. The summed E-state index contributed by atoms with van der Waals surface area (Å²) < 4.78 is 18.1. The Morgan fingerprint density at radius 3 is 2.27 bits per heavy atom. The molecule has 0 aromatic rings. The molecular formula is C21H37BO4. The van der Waals surface area contributed by atoms with Crippen LogP contribution in [0.3, 0.4) is 0 Å². The van der Waals surface area contributed by atoms with Crippen molar-refractivity contribution in [3.63, 3.8) is 0 Å². The molecule has 26 heavy (non-hydrogen) atoms. The fourth-order valence-electron chi connectivity index (χ4n) is 4.01. The highest BCUT2D eigenvalue weighted by molar-refractivity contribution is 6.47. The van der Waals surface area contributed by atoms with Crippen molar-refractivity contribution < 1.29 is 18.8 Å². The van der Waals surface area contributed by atoms with Crippen molar-refractivity contribution in [1.82, 2.24) is 0 Å². The van der Waals surface area contributed by atoms with E-state index in [2.05, 4.69) is 20.8 Å². The molecule has 0 spiro atoms. The van der Waals surface area contributed by atoms with Gasteiger partial charge in [0.25, 0.3) is 0 Å². The van der Waals surface area contributed by atoms with Crippen LogP contribution in [0, 0.1) is 17.8 Å². The summed E-state index contributed by atoms with van der Waals surface area (Å²) in [4.78, 5) is 12.8. The molecule has 1 saturated heterocycles. The van der Waals surface area contributed by atoms with Crippen molar-refractivity contribution >= 4 is 13.1 Å². The average Bonchev–Trinajstić information content (AvgIpc) is 2.71. The third-order valence-corrected chi connectivity index (χ3v) is 6.52. The monoisotopic (exact) mass is 364 g/mol. The Kier molecular flexibility index (Phi) is 6.66. The standard InChI is InChI=1S/C21H37BO4/c1-9-16(13-22-25-20(5,6)21(7,8)26-22)19(23)24-18-12-15(4)10-11-17(18)14(2)3/h9,14-15,17-18H,10-13H2,1-8H3/b16-9+. The number of esters is 1. The number of hydrogen-bond donors (Lipinski definition) is 0. The molecule has 1 heterocycles. The number of allylic oxidation sites excluding steroid dienone is 1. The summed E-state index contributed by atoms with van der Waals surface area (Å²) in [6, 6.07) is 0. The van der Waals surface area contributed by atoms with Gasteiger partial charge in [0, 0.05) is 11.9 Å². The summed E-state index contributed by atoms with van der Waals surface area (Å²) >= 11 is 0. The summed E-state index contributed by atoms with van der Waals surface area (Å²) in [6.07, 6.45) is 5.60. The van der Waals surface area contributed by atoms with Crippen molar-refractivity contribution in [3.8, 4) is 0 Å². The van der Waals surface area contributed by atoms with Gasteiger partial charge in [-0.2, -0.15) is 0 Å². The fourth-order valence-corrected chi connectivity index (χ4v) is 4.01. The third-order valence-electron chi connectivity index (χ3n) is 6.52. The van der Waals surface area contributed by atoms with E-state index in [0.29, 0.717) is 29.6 Å². The zero-order valence-corrected chi connectivity index (χ0v) is 17.9. The molecule has 0 amide bonds. The molecule has 2 aliphatic rings. The topological polar surface area (TPSA) is 44.8 Å². The van der Waals surface area contributed by atoms with Gasteiger partial charge >= 0.3 is 13.1 Å². The van der Waals surface area contributed by atoms with Gasteiger partial charge in [0.05, 0.1) is 11.2 Å². The molecule has 3 unspecified atom stereocenters. The van der Waals surface area contributed by atoms with Crippen LogP contribution in [0.2, 0.25) is 6.32 Å². The van der Waals surface area contributed by atoms with Gasteiger partial charge in [-0.15, -0.1) is 0 Å². The first kappa shape index (κ1) is 21.5. The Morgan fingerprint density at radius 2 is 1.77 bits per heavy atom.